The van der Waals surface area contributed by atoms with Crippen LogP contribution < -0.4 is 0 Å². The summed E-state index contributed by atoms with van der Waals surface area (Å²) in [5.41, 5.74) is 3.22. The molecule has 1 aliphatic carbocycles. The Morgan fingerprint density at radius 1 is 1.05 bits per heavy atom. The number of amides is 1. The van der Waals surface area contributed by atoms with Gasteiger partial charge in [0.15, 0.2) is 0 Å². The lowest BCUT2D eigenvalue weighted by Gasteiger charge is -2.36. The minimum absolute atomic E-state index is 0.119. The number of carbonyl (C=O) groups excluding carboxylic acids is 2. The highest BCUT2D eigenvalue weighted by molar-refractivity contribution is 5.96. The van der Waals surface area contributed by atoms with E-state index in [-0.39, 0.29) is 29.4 Å². The van der Waals surface area contributed by atoms with Crippen molar-refractivity contribution in [1.29, 1.82) is 0 Å². The van der Waals surface area contributed by atoms with Gasteiger partial charge >= 0.3 is 5.97 Å². The van der Waals surface area contributed by atoms with Crippen molar-refractivity contribution in [2.45, 2.75) is 70.8 Å². The first-order chi connectivity index (χ1) is 18.0. The lowest BCUT2D eigenvalue weighted by Crippen LogP contribution is -2.44. The van der Waals surface area contributed by atoms with E-state index >= 15 is 4.39 Å². The Kier molecular flexibility index (Phi) is 7.40. The van der Waals surface area contributed by atoms with Gasteiger partial charge in [-0.2, -0.15) is 5.10 Å². The average Bonchev–Trinajstić information content (AvgIpc) is 3.66. The Balaban J connectivity index is 1.49. The molecule has 0 bridgehead atoms. The standard InChI is InChI=1S/C30H34FN3O3/c1-3-9-22-11-5-6-17-33(22)29(35)25-14-8-13-24(27(25)31)21-10-7-12-23(18-21)34-28(20-15-16-20)26(19-32-34)30(36)37-4-2/h7-8,10,12-14,18-20,22H,3-6,9,11,15-17H2,1-2H3. The van der Waals surface area contributed by atoms with Crippen molar-refractivity contribution < 1.29 is 18.7 Å². The zero-order chi connectivity index (χ0) is 25.9. The molecule has 1 saturated heterocycles. The second-order valence-electron chi connectivity index (χ2n) is 10.0. The van der Waals surface area contributed by atoms with E-state index in [0.29, 0.717) is 29.8 Å². The van der Waals surface area contributed by atoms with Gasteiger partial charge in [0.1, 0.15) is 11.4 Å². The summed E-state index contributed by atoms with van der Waals surface area (Å²) in [6, 6.07) is 12.7. The smallest absolute Gasteiger partial charge is 0.341 e. The molecule has 194 valence electrons. The number of carbonyl (C=O) groups is 2. The van der Waals surface area contributed by atoms with Gasteiger partial charge in [-0.3, -0.25) is 4.79 Å². The molecule has 2 aliphatic rings. The molecular weight excluding hydrogens is 469 g/mol. The molecule has 2 fully saturated rings. The third kappa shape index (κ3) is 5.04. The van der Waals surface area contributed by atoms with Crippen molar-refractivity contribution in [2.75, 3.05) is 13.2 Å². The topological polar surface area (TPSA) is 64.4 Å². The fourth-order valence-corrected chi connectivity index (χ4v) is 5.46. The van der Waals surface area contributed by atoms with Gasteiger partial charge in [0.05, 0.1) is 29.7 Å². The van der Waals surface area contributed by atoms with Gasteiger partial charge in [-0.1, -0.05) is 37.6 Å². The maximum absolute atomic E-state index is 15.9. The predicted molar refractivity (Wildman–Crippen MR) is 140 cm³/mol. The Hall–Kier alpha value is -3.48. The first kappa shape index (κ1) is 25.2. The minimum atomic E-state index is -0.499. The van der Waals surface area contributed by atoms with Crippen LogP contribution in [0.3, 0.4) is 0 Å². The van der Waals surface area contributed by atoms with Crippen molar-refractivity contribution in [3.63, 3.8) is 0 Å². The molecular formula is C30H34FN3O3. The number of ether oxygens (including phenoxy) is 1. The molecule has 1 aliphatic heterocycles. The highest BCUT2D eigenvalue weighted by Crippen LogP contribution is 2.43. The molecule has 2 aromatic carbocycles. The van der Waals surface area contributed by atoms with Crippen molar-refractivity contribution in [3.05, 3.63) is 71.3 Å². The monoisotopic (exact) mass is 503 g/mol. The molecule has 1 amide bonds. The minimum Gasteiger partial charge on any atom is -0.462 e. The van der Waals surface area contributed by atoms with Crippen LogP contribution in [-0.4, -0.2) is 45.8 Å². The third-order valence-corrected chi connectivity index (χ3v) is 7.41. The average molecular weight is 504 g/mol. The summed E-state index contributed by atoms with van der Waals surface area (Å²) in [6.07, 6.45) is 8.52. The van der Waals surface area contributed by atoms with Crippen molar-refractivity contribution in [1.82, 2.24) is 14.7 Å². The maximum atomic E-state index is 15.9. The lowest BCUT2D eigenvalue weighted by atomic mass is 9.96. The molecule has 3 aromatic rings. The van der Waals surface area contributed by atoms with Crippen LogP contribution in [0.1, 0.15) is 91.1 Å². The van der Waals surface area contributed by atoms with E-state index in [0.717, 1.165) is 56.3 Å². The number of nitrogens with zero attached hydrogens (tertiary/aromatic N) is 3. The number of esters is 1. The lowest BCUT2D eigenvalue weighted by molar-refractivity contribution is 0.0524. The van der Waals surface area contributed by atoms with Crippen LogP contribution in [0.4, 0.5) is 4.39 Å². The Bertz CT molecular complexity index is 1290. The molecule has 2 heterocycles. The van der Waals surface area contributed by atoms with E-state index in [1.807, 2.05) is 29.2 Å². The van der Waals surface area contributed by atoms with E-state index in [4.69, 9.17) is 4.74 Å². The molecule has 0 N–H and O–H groups in total. The second kappa shape index (κ2) is 10.9. The number of hydrogen-bond acceptors (Lipinski definition) is 4. The molecule has 1 unspecified atom stereocenters. The van der Waals surface area contributed by atoms with Crippen LogP contribution >= 0.6 is 0 Å². The number of halogens is 1. The summed E-state index contributed by atoms with van der Waals surface area (Å²) in [4.78, 5) is 27.8. The van der Waals surface area contributed by atoms with Gasteiger partial charge in [0.2, 0.25) is 0 Å². The number of piperidine rings is 1. The highest BCUT2D eigenvalue weighted by Gasteiger charge is 2.34. The fourth-order valence-electron chi connectivity index (χ4n) is 5.46. The van der Waals surface area contributed by atoms with Crippen LogP contribution in [0, 0.1) is 5.82 Å². The number of hydrogen-bond donors (Lipinski definition) is 0. The normalized spacial score (nSPS) is 17.6. The van der Waals surface area contributed by atoms with E-state index in [1.54, 1.807) is 36.0 Å². The zero-order valence-electron chi connectivity index (χ0n) is 21.6. The summed E-state index contributed by atoms with van der Waals surface area (Å²) < 4.78 is 22.9. The number of benzene rings is 2. The summed E-state index contributed by atoms with van der Waals surface area (Å²) >= 11 is 0. The fraction of sp³-hybridized carbons (Fsp3) is 0.433. The van der Waals surface area contributed by atoms with E-state index in [9.17, 15) is 9.59 Å². The van der Waals surface area contributed by atoms with Gasteiger partial charge in [0, 0.05) is 24.1 Å². The second-order valence-corrected chi connectivity index (χ2v) is 10.0. The number of aromatic nitrogens is 2. The Labute approximate surface area is 217 Å². The summed E-state index contributed by atoms with van der Waals surface area (Å²) in [5, 5.41) is 4.50. The summed E-state index contributed by atoms with van der Waals surface area (Å²) in [6.45, 7) is 4.88. The van der Waals surface area contributed by atoms with Crippen LogP contribution in [0.15, 0.2) is 48.7 Å². The molecule has 7 heteroatoms. The molecule has 1 aromatic heterocycles. The molecule has 0 radical (unpaired) electrons. The molecule has 37 heavy (non-hydrogen) atoms. The molecule has 1 saturated carbocycles. The van der Waals surface area contributed by atoms with Gasteiger partial charge < -0.3 is 9.64 Å². The SMILES string of the molecule is CCCC1CCCCN1C(=O)c1cccc(-c2cccc(-n3ncc(C(=O)OCC)c3C3CC3)c2)c1F. The summed E-state index contributed by atoms with van der Waals surface area (Å²) in [7, 11) is 0. The highest BCUT2D eigenvalue weighted by atomic mass is 19.1. The van der Waals surface area contributed by atoms with Crippen LogP contribution in [-0.2, 0) is 4.74 Å². The van der Waals surface area contributed by atoms with Crippen LogP contribution in [0.2, 0.25) is 0 Å². The van der Waals surface area contributed by atoms with E-state index in [2.05, 4.69) is 12.0 Å². The van der Waals surface area contributed by atoms with Crippen molar-refractivity contribution in [3.8, 4) is 16.8 Å². The predicted octanol–water partition coefficient (Wildman–Crippen LogP) is 6.53. The van der Waals surface area contributed by atoms with E-state index < -0.39 is 5.82 Å². The van der Waals surface area contributed by atoms with Crippen molar-refractivity contribution >= 4 is 11.9 Å². The zero-order valence-corrected chi connectivity index (χ0v) is 21.6. The Morgan fingerprint density at radius 3 is 2.62 bits per heavy atom. The largest absolute Gasteiger partial charge is 0.462 e. The quantitative estimate of drug-likeness (QED) is 0.328. The van der Waals surface area contributed by atoms with Crippen LogP contribution in [0.25, 0.3) is 16.8 Å². The number of rotatable bonds is 8. The molecule has 6 nitrogen and oxygen atoms in total. The van der Waals surface area contributed by atoms with E-state index in [1.165, 1.54) is 0 Å². The number of likely N-dealkylation sites (tertiary alicyclic amines) is 1. The first-order valence-corrected chi connectivity index (χ1v) is 13.5. The first-order valence-electron chi connectivity index (χ1n) is 13.5. The Morgan fingerprint density at radius 2 is 1.86 bits per heavy atom. The molecule has 5 rings (SSSR count). The van der Waals surface area contributed by atoms with Gasteiger partial charge in [-0.15, -0.1) is 0 Å². The van der Waals surface area contributed by atoms with Gasteiger partial charge in [-0.25, -0.2) is 13.9 Å². The van der Waals surface area contributed by atoms with Gasteiger partial charge in [-0.05, 0) is 69.2 Å². The summed E-state index contributed by atoms with van der Waals surface area (Å²) in [5.74, 6) is -0.844. The van der Waals surface area contributed by atoms with Crippen molar-refractivity contribution in [2.24, 2.45) is 0 Å². The maximum Gasteiger partial charge on any atom is 0.341 e. The molecule has 0 spiro atoms. The molecule has 1 atom stereocenters. The van der Waals surface area contributed by atoms with Crippen LogP contribution in [0.5, 0.6) is 0 Å². The third-order valence-electron chi connectivity index (χ3n) is 7.41. The van der Waals surface area contributed by atoms with Gasteiger partial charge in [0.25, 0.3) is 5.91 Å².